The number of ether oxygens (including phenoxy) is 1. The SMILES string of the molecule is CC(C)COC(=O)c1nc(-c2cnn3ccccc23)c(Cl)s1. The lowest BCUT2D eigenvalue weighted by atomic mass is 10.2. The summed E-state index contributed by atoms with van der Waals surface area (Å²) in [4.78, 5) is 16.3. The van der Waals surface area contributed by atoms with Crippen LogP contribution in [0.5, 0.6) is 0 Å². The van der Waals surface area contributed by atoms with Crippen LogP contribution in [0.25, 0.3) is 16.8 Å². The minimum absolute atomic E-state index is 0.260. The first kappa shape index (κ1) is 15.0. The van der Waals surface area contributed by atoms with E-state index in [0.717, 1.165) is 22.4 Å². The minimum Gasteiger partial charge on any atom is -0.460 e. The van der Waals surface area contributed by atoms with Gasteiger partial charge in [-0.05, 0) is 18.1 Å². The molecule has 0 amide bonds. The first-order valence-corrected chi connectivity index (χ1v) is 8.02. The lowest BCUT2D eigenvalue weighted by Crippen LogP contribution is -2.09. The minimum atomic E-state index is -0.441. The van der Waals surface area contributed by atoms with E-state index in [0.29, 0.717) is 16.6 Å². The van der Waals surface area contributed by atoms with Crippen molar-refractivity contribution in [1.29, 1.82) is 0 Å². The molecule has 3 heterocycles. The number of carbonyl (C=O) groups is 1. The Morgan fingerprint density at radius 3 is 3.05 bits per heavy atom. The van der Waals surface area contributed by atoms with E-state index in [9.17, 15) is 4.79 Å². The lowest BCUT2D eigenvalue weighted by molar-refractivity contribution is 0.0458. The largest absolute Gasteiger partial charge is 0.460 e. The topological polar surface area (TPSA) is 56.5 Å². The number of hydrogen-bond donors (Lipinski definition) is 0. The highest BCUT2D eigenvalue weighted by Gasteiger charge is 2.20. The molecule has 3 rings (SSSR count). The molecule has 0 unspecified atom stereocenters. The third kappa shape index (κ3) is 2.84. The lowest BCUT2D eigenvalue weighted by Gasteiger charge is -2.04. The molecule has 22 heavy (non-hydrogen) atoms. The van der Waals surface area contributed by atoms with Gasteiger partial charge in [0.25, 0.3) is 0 Å². The van der Waals surface area contributed by atoms with Crippen molar-refractivity contribution in [3.63, 3.8) is 0 Å². The van der Waals surface area contributed by atoms with Crippen LogP contribution in [0.1, 0.15) is 23.6 Å². The molecule has 0 fully saturated rings. The molecular weight excluding hydrogens is 322 g/mol. The zero-order chi connectivity index (χ0) is 15.7. The van der Waals surface area contributed by atoms with Gasteiger partial charge in [-0.1, -0.05) is 42.9 Å². The van der Waals surface area contributed by atoms with Crippen LogP contribution in [-0.2, 0) is 4.74 Å². The number of carbonyl (C=O) groups excluding carboxylic acids is 1. The summed E-state index contributed by atoms with van der Waals surface area (Å²) in [5, 5.41) is 4.52. The highest BCUT2D eigenvalue weighted by atomic mass is 35.5. The van der Waals surface area contributed by atoms with E-state index < -0.39 is 5.97 Å². The van der Waals surface area contributed by atoms with Gasteiger partial charge < -0.3 is 4.74 Å². The third-order valence-electron chi connectivity index (χ3n) is 2.99. The molecule has 0 aliphatic heterocycles. The monoisotopic (exact) mass is 335 g/mol. The maximum atomic E-state index is 12.0. The van der Waals surface area contributed by atoms with Gasteiger partial charge in [0.1, 0.15) is 10.0 Å². The van der Waals surface area contributed by atoms with Gasteiger partial charge in [0.05, 0.1) is 18.3 Å². The number of halogens is 1. The maximum absolute atomic E-state index is 12.0. The molecule has 3 aromatic heterocycles. The molecule has 0 aromatic carbocycles. The summed E-state index contributed by atoms with van der Waals surface area (Å²) >= 11 is 7.38. The fourth-order valence-corrected chi connectivity index (χ4v) is 3.04. The van der Waals surface area contributed by atoms with Crippen LogP contribution < -0.4 is 0 Å². The summed E-state index contributed by atoms with van der Waals surface area (Å²) in [5.74, 6) is -0.165. The number of fused-ring (bicyclic) bond motifs is 1. The predicted molar refractivity (Wildman–Crippen MR) is 86.4 cm³/mol. The van der Waals surface area contributed by atoms with Gasteiger partial charge >= 0.3 is 5.97 Å². The van der Waals surface area contributed by atoms with Gasteiger partial charge in [-0.15, -0.1) is 0 Å². The first-order valence-electron chi connectivity index (χ1n) is 6.82. The average molecular weight is 336 g/mol. The molecule has 0 aliphatic carbocycles. The Kier molecular flexibility index (Phi) is 4.13. The average Bonchev–Trinajstić information content (AvgIpc) is 3.08. The zero-order valence-electron chi connectivity index (χ0n) is 12.1. The Balaban J connectivity index is 1.94. The summed E-state index contributed by atoms with van der Waals surface area (Å²) in [6.07, 6.45) is 3.54. The van der Waals surface area contributed by atoms with Crippen molar-refractivity contribution >= 4 is 34.4 Å². The number of thiazole rings is 1. The molecule has 7 heteroatoms. The van der Waals surface area contributed by atoms with Crippen LogP contribution in [-0.4, -0.2) is 27.2 Å². The van der Waals surface area contributed by atoms with Crippen molar-refractivity contribution in [2.45, 2.75) is 13.8 Å². The van der Waals surface area contributed by atoms with Crippen LogP contribution >= 0.6 is 22.9 Å². The number of rotatable bonds is 4. The molecule has 5 nitrogen and oxygen atoms in total. The van der Waals surface area contributed by atoms with Gasteiger partial charge in [-0.2, -0.15) is 5.10 Å². The Hall–Kier alpha value is -1.92. The summed E-state index contributed by atoms with van der Waals surface area (Å²) in [7, 11) is 0. The maximum Gasteiger partial charge on any atom is 0.367 e. The van der Waals surface area contributed by atoms with Crippen LogP contribution in [0.4, 0.5) is 0 Å². The summed E-state index contributed by atoms with van der Waals surface area (Å²) in [6.45, 7) is 4.32. The van der Waals surface area contributed by atoms with E-state index in [1.54, 1.807) is 10.7 Å². The fourth-order valence-electron chi connectivity index (χ4n) is 1.98. The smallest absolute Gasteiger partial charge is 0.367 e. The Bertz CT molecular complexity index is 825. The normalized spacial score (nSPS) is 11.3. The number of pyridine rings is 1. The van der Waals surface area contributed by atoms with Crippen LogP contribution in [0, 0.1) is 5.92 Å². The molecule has 0 N–H and O–H groups in total. The van der Waals surface area contributed by atoms with E-state index >= 15 is 0 Å². The van der Waals surface area contributed by atoms with Gasteiger partial charge in [0.15, 0.2) is 0 Å². The fraction of sp³-hybridized carbons (Fsp3) is 0.267. The molecular formula is C15H14ClN3O2S. The van der Waals surface area contributed by atoms with Crippen molar-refractivity contribution < 1.29 is 9.53 Å². The third-order valence-corrected chi connectivity index (χ3v) is 4.22. The van der Waals surface area contributed by atoms with Crippen LogP contribution in [0.3, 0.4) is 0 Å². The number of hydrogen-bond acceptors (Lipinski definition) is 5. The van der Waals surface area contributed by atoms with E-state index in [1.165, 1.54) is 0 Å². The van der Waals surface area contributed by atoms with Crippen molar-refractivity contribution in [2.75, 3.05) is 6.61 Å². The molecule has 0 saturated heterocycles. The van der Waals surface area contributed by atoms with Crippen molar-refractivity contribution in [3.05, 3.63) is 39.9 Å². The summed E-state index contributed by atoms with van der Waals surface area (Å²) < 4.78 is 7.38. The van der Waals surface area contributed by atoms with Crippen molar-refractivity contribution in [1.82, 2.24) is 14.6 Å². The Morgan fingerprint density at radius 2 is 2.27 bits per heavy atom. The van der Waals surface area contributed by atoms with Crippen molar-refractivity contribution in [3.8, 4) is 11.3 Å². The molecule has 114 valence electrons. The number of aromatic nitrogens is 3. The second kappa shape index (κ2) is 6.06. The number of esters is 1. The Morgan fingerprint density at radius 1 is 1.45 bits per heavy atom. The first-order chi connectivity index (χ1) is 10.6. The molecule has 0 aliphatic rings. The van der Waals surface area contributed by atoms with Crippen LogP contribution in [0.2, 0.25) is 4.34 Å². The quantitative estimate of drug-likeness (QED) is 0.678. The van der Waals surface area contributed by atoms with E-state index in [-0.39, 0.29) is 10.9 Å². The van der Waals surface area contributed by atoms with E-state index in [4.69, 9.17) is 16.3 Å². The molecule has 3 aromatic rings. The molecule has 0 spiro atoms. The summed E-state index contributed by atoms with van der Waals surface area (Å²) in [5.41, 5.74) is 2.24. The van der Waals surface area contributed by atoms with Crippen molar-refractivity contribution in [2.24, 2.45) is 5.92 Å². The Labute approximate surface area is 136 Å². The summed E-state index contributed by atoms with van der Waals surface area (Å²) in [6, 6.07) is 5.73. The molecule has 0 bridgehead atoms. The van der Waals surface area contributed by atoms with Gasteiger partial charge in [-0.3, -0.25) is 0 Å². The second-order valence-corrected chi connectivity index (χ2v) is 6.82. The molecule has 0 saturated carbocycles. The van der Waals surface area contributed by atoms with Gasteiger partial charge in [0.2, 0.25) is 5.01 Å². The van der Waals surface area contributed by atoms with Crippen LogP contribution in [0.15, 0.2) is 30.6 Å². The molecule has 0 radical (unpaired) electrons. The van der Waals surface area contributed by atoms with Gasteiger partial charge in [0, 0.05) is 11.8 Å². The molecule has 0 atom stereocenters. The van der Waals surface area contributed by atoms with Gasteiger partial charge in [-0.25, -0.2) is 14.3 Å². The highest BCUT2D eigenvalue weighted by Crippen LogP contribution is 2.35. The predicted octanol–water partition coefficient (Wildman–Crippen LogP) is 3.92. The van der Waals surface area contributed by atoms with E-state index in [1.807, 2.05) is 38.2 Å². The standard InChI is InChI=1S/C15H14ClN3O2S/c1-9(2)8-21-15(20)14-18-12(13(16)22-14)10-7-17-19-6-4-3-5-11(10)19/h3-7,9H,8H2,1-2H3. The number of nitrogens with zero attached hydrogens (tertiary/aromatic N) is 3. The van der Waals surface area contributed by atoms with E-state index in [2.05, 4.69) is 10.1 Å². The highest BCUT2D eigenvalue weighted by molar-refractivity contribution is 7.18. The zero-order valence-corrected chi connectivity index (χ0v) is 13.7. The second-order valence-electron chi connectivity index (χ2n) is 5.22.